The van der Waals surface area contributed by atoms with Gasteiger partial charge in [0.2, 0.25) is 0 Å². The van der Waals surface area contributed by atoms with E-state index in [9.17, 15) is 0 Å². The Balaban J connectivity index is 1.94. The van der Waals surface area contributed by atoms with Crippen LogP contribution in [0.15, 0.2) is 36.8 Å². The molecule has 0 aliphatic heterocycles. The molecule has 0 bridgehead atoms. The van der Waals surface area contributed by atoms with Crippen LogP contribution in [0, 0.1) is 0 Å². The number of aromatic hydroxyl groups is 1. The van der Waals surface area contributed by atoms with Crippen LogP contribution < -0.4 is 4.74 Å². The Labute approximate surface area is 94.1 Å². The molecule has 1 aromatic carbocycles. The second kappa shape index (κ2) is 4.70. The first-order valence-corrected chi connectivity index (χ1v) is 5.20. The van der Waals surface area contributed by atoms with Gasteiger partial charge in [0.1, 0.15) is 18.1 Å². The first-order chi connectivity index (χ1) is 7.78. The number of phenols is 1. The molecule has 0 saturated heterocycles. The molecule has 0 atom stereocenters. The normalized spacial score (nSPS) is 10.3. The topological polar surface area (TPSA) is 47.3 Å². The molecule has 0 aliphatic rings. The van der Waals surface area contributed by atoms with Crippen molar-refractivity contribution in [2.24, 2.45) is 0 Å². The minimum Gasteiger partial charge on any atom is -0.508 e. The number of aryl methyl sites for hydroxylation is 1. The Morgan fingerprint density at radius 2 is 2.06 bits per heavy atom. The zero-order valence-corrected chi connectivity index (χ0v) is 9.13. The van der Waals surface area contributed by atoms with Crippen molar-refractivity contribution < 1.29 is 9.84 Å². The molecule has 0 radical (unpaired) electrons. The third-order valence-electron chi connectivity index (χ3n) is 2.28. The molecule has 1 aromatic heterocycles. The summed E-state index contributed by atoms with van der Waals surface area (Å²) in [5.41, 5.74) is 0.898. The maximum atomic E-state index is 9.11. The average molecular weight is 218 g/mol. The average Bonchev–Trinajstić information content (AvgIpc) is 2.76. The Kier molecular flexibility index (Phi) is 3.10. The second-order valence-corrected chi connectivity index (χ2v) is 3.48. The lowest BCUT2D eigenvalue weighted by Crippen LogP contribution is -1.95. The van der Waals surface area contributed by atoms with Crippen LogP contribution in [-0.2, 0) is 13.2 Å². The van der Waals surface area contributed by atoms with Gasteiger partial charge in [-0.25, -0.2) is 4.98 Å². The maximum absolute atomic E-state index is 9.11. The van der Waals surface area contributed by atoms with Crippen molar-refractivity contribution >= 4 is 0 Å². The van der Waals surface area contributed by atoms with Crippen molar-refractivity contribution in [3.63, 3.8) is 0 Å². The van der Waals surface area contributed by atoms with Crippen molar-refractivity contribution in [1.29, 1.82) is 0 Å². The Hall–Kier alpha value is -1.97. The highest BCUT2D eigenvalue weighted by Crippen LogP contribution is 2.16. The molecule has 16 heavy (non-hydrogen) atoms. The van der Waals surface area contributed by atoms with Crippen LogP contribution in [0.5, 0.6) is 11.5 Å². The van der Waals surface area contributed by atoms with Crippen LogP contribution in [-0.4, -0.2) is 14.7 Å². The van der Waals surface area contributed by atoms with Crippen LogP contribution in [0.1, 0.15) is 12.6 Å². The van der Waals surface area contributed by atoms with Crippen molar-refractivity contribution in [2.75, 3.05) is 0 Å². The zero-order chi connectivity index (χ0) is 11.4. The maximum Gasteiger partial charge on any atom is 0.132 e. The highest BCUT2D eigenvalue weighted by atomic mass is 16.5. The monoisotopic (exact) mass is 218 g/mol. The largest absolute Gasteiger partial charge is 0.508 e. The van der Waals surface area contributed by atoms with Gasteiger partial charge >= 0.3 is 0 Å². The standard InChI is InChI=1S/C12H14N2O2/c1-2-14-7-10(13-9-14)8-16-12-5-3-11(15)4-6-12/h3-7,9,15H,2,8H2,1H3. The summed E-state index contributed by atoms with van der Waals surface area (Å²) in [5.74, 6) is 0.964. The van der Waals surface area contributed by atoms with Gasteiger partial charge in [-0.05, 0) is 31.2 Å². The Bertz CT molecular complexity index is 448. The summed E-state index contributed by atoms with van der Waals surface area (Å²) in [6.07, 6.45) is 3.75. The van der Waals surface area contributed by atoms with Crippen LogP contribution in [0.25, 0.3) is 0 Å². The number of benzene rings is 1. The fraction of sp³-hybridized carbons (Fsp3) is 0.250. The van der Waals surface area contributed by atoms with Gasteiger partial charge in [0.15, 0.2) is 0 Å². The summed E-state index contributed by atoms with van der Waals surface area (Å²) in [6.45, 7) is 3.41. The van der Waals surface area contributed by atoms with E-state index in [1.165, 1.54) is 0 Å². The molecule has 1 N–H and O–H groups in total. The van der Waals surface area contributed by atoms with Gasteiger partial charge < -0.3 is 14.4 Å². The molecule has 0 saturated carbocycles. The predicted molar refractivity (Wildman–Crippen MR) is 60.3 cm³/mol. The predicted octanol–water partition coefficient (Wildman–Crippen LogP) is 2.19. The molecule has 0 amide bonds. The molecule has 0 unspecified atom stereocenters. The van der Waals surface area contributed by atoms with E-state index in [4.69, 9.17) is 9.84 Å². The number of phenolic OH excluding ortho intramolecular Hbond substituents is 1. The number of nitrogens with zero attached hydrogens (tertiary/aromatic N) is 2. The van der Waals surface area contributed by atoms with Crippen molar-refractivity contribution in [2.45, 2.75) is 20.1 Å². The third kappa shape index (κ3) is 2.53. The summed E-state index contributed by atoms with van der Waals surface area (Å²) >= 11 is 0. The first kappa shape index (κ1) is 10.5. The van der Waals surface area contributed by atoms with Crippen molar-refractivity contribution in [3.8, 4) is 11.5 Å². The van der Waals surface area contributed by atoms with E-state index in [1.54, 1.807) is 30.6 Å². The minimum absolute atomic E-state index is 0.239. The highest BCUT2D eigenvalue weighted by Gasteiger charge is 1.99. The molecule has 4 heteroatoms. The van der Waals surface area contributed by atoms with Gasteiger partial charge in [0, 0.05) is 12.7 Å². The SMILES string of the molecule is CCn1cnc(COc2ccc(O)cc2)c1. The molecule has 1 heterocycles. The van der Waals surface area contributed by atoms with Crippen LogP contribution in [0.2, 0.25) is 0 Å². The fourth-order valence-electron chi connectivity index (χ4n) is 1.35. The molecule has 0 spiro atoms. The number of rotatable bonds is 4. The lowest BCUT2D eigenvalue weighted by molar-refractivity contribution is 0.301. The Morgan fingerprint density at radius 3 is 2.69 bits per heavy atom. The minimum atomic E-state index is 0.239. The number of ether oxygens (including phenoxy) is 1. The van der Waals surface area contributed by atoms with Gasteiger partial charge in [-0.15, -0.1) is 0 Å². The van der Waals surface area contributed by atoms with Crippen molar-refractivity contribution in [1.82, 2.24) is 9.55 Å². The molecular formula is C12H14N2O2. The van der Waals surface area contributed by atoms with E-state index >= 15 is 0 Å². The fourth-order valence-corrected chi connectivity index (χ4v) is 1.35. The molecule has 84 valence electrons. The third-order valence-corrected chi connectivity index (χ3v) is 2.28. The van der Waals surface area contributed by atoms with E-state index in [0.29, 0.717) is 6.61 Å². The highest BCUT2D eigenvalue weighted by molar-refractivity contribution is 5.30. The van der Waals surface area contributed by atoms with E-state index in [1.807, 2.05) is 10.8 Å². The van der Waals surface area contributed by atoms with E-state index in [2.05, 4.69) is 11.9 Å². The zero-order valence-electron chi connectivity index (χ0n) is 9.13. The number of hydrogen-bond acceptors (Lipinski definition) is 3. The van der Waals surface area contributed by atoms with Gasteiger partial charge in [0.25, 0.3) is 0 Å². The van der Waals surface area contributed by atoms with Gasteiger partial charge in [-0.3, -0.25) is 0 Å². The quantitative estimate of drug-likeness (QED) is 0.855. The molecular weight excluding hydrogens is 204 g/mol. The molecule has 0 aliphatic carbocycles. The smallest absolute Gasteiger partial charge is 0.132 e. The lowest BCUT2D eigenvalue weighted by Gasteiger charge is -2.03. The van der Waals surface area contributed by atoms with Gasteiger partial charge in [-0.1, -0.05) is 0 Å². The van der Waals surface area contributed by atoms with Gasteiger partial charge in [-0.2, -0.15) is 0 Å². The summed E-state index contributed by atoms with van der Waals surface area (Å²) in [5, 5.41) is 9.11. The summed E-state index contributed by atoms with van der Waals surface area (Å²) in [7, 11) is 0. The molecule has 2 rings (SSSR count). The first-order valence-electron chi connectivity index (χ1n) is 5.20. The molecule has 4 nitrogen and oxygen atoms in total. The van der Waals surface area contributed by atoms with Crippen LogP contribution in [0.3, 0.4) is 0 Å². The second-order valence-electron chi connectivity index (χ2n) is 3.48. The van der Waals surface area contributed by atoms with Crippen LogP contribution >= 0.6 is 0 Å². The number of imidazole rings is 1. The lowest BCUT2D eigenvalue weighted by atomic mass is 10.3. The van der Waals surface area contributed by atoms with E-state index in [0.717, 1.165) is 18.0 Å². The number of aromatic nitrogens is 2. The molecule has 0 fully saturated rings. The van der Waals surface area contributed by atoms with Crippen molar-refractivity contribution in [3.05, 3.63) is 42.5 Å². The number of hydrogen-bond donors (Lipinski definition) is 1. The summed E-state index contributed by atoms with van der Waals surface area (Å²) in [4.78, 5) is 4.21. The van der Waals surface area contributed by atoms with Gasteiger partial charge in [0.05, 0.1) is 12.0 Å². The van der Waals surface area contributed by atoms with E-state index in [-0.39, 0.29) is 5.75 Å². The van der Waals surface area contributed by atoms with Crippen LogP contribution in [0.4, 0.5) is 0 Å². The van der Waals surface area contributed by atoms with E-state index < -0.39 is 0 Å². The summed E-state index contributed by atoms with van der Waals surface area (Å²) < 4.78 is 7.51. The molecule has 2 aromatic rings. The summed E-state index contributed by atoms with van der Waals surface area (Å²) in [6, 6.07) is 6.65. The Morgan fingerprint density at radius 1 is 1.31 bits per heavy atom.